The molecule has 1 heterocycles. The van der Waals surface area contributed by atoms with Crippen LogP contribution in [0.5, 0.6) is 0 Å². The molecule has 20 heavy (non-hydrogen) atoms. The van der Waals surface area contributed by atoms with Crippen molar-refractivity contribution in [1.29, 1.82) is 0 Å². The topological polar surface area (TPSA) is 82.5 Å². The number of aryl methyl sites for hydroxylation is 1. The van der Waals surface area contributed by atoms with Gasteiger partial charge in [0.2, 0.25) is 0 Å². The van der Waals surface area contributed by atoms with Gasteiger partial charge in [0.15, 0.2) is 0 Å². The summed E-state index contributed by atoms with van der Waals surface area (Å²) >= 11 is 1.52. The van der Waals surface area contributed by atoms with Gasteiger partial charge in [-0.1, -0.05) is 0 Å². The molecule has 2 N–H and O–H groups in total. The number of aliphatic carboxylic acids is 1. The van der Waals surface area contributed by atoms with Crippen LogP contribution in [0.25, 0.3) is 0 Å². The first-order valence-electron chi connectivity index (χ1n) is 6.59. The number of carbonyl (C=O) groups excluding carboxylic acids is 1. The zero-order chi connectivity index (χ0) is 14.7. The molecule has 1 aliphatic carbocycles. The molecule has 1 aromatic heterocycles. The third kappa shape index (κ3) is 3.93. The number of thiazole rings is 1. The van der Waals surface area contributed by atoms with Gasteiger partial charge in [0, 0.05) is 18.0 Å². The van der Waals surface area contributed by atoms with E-state index in [4.69, 9.17) is 5.11 Å². The number of hydrogen-bond donors (Lipinski definition) is 2. The van der Waals surface area contributed by atoms with Crippen LogP contribution in [0, 0.1) is 12.8 Å². The third-order valence-electron chi connectivity index (χ3n) is 3.47. The Morgan fingerprint density at radius 3 is 2.80 bits per heavy atom. The highest BCUT2D eigenvalue weighted by Gasteiger charge is 2.34. The maximum atomic E-state index is 12.1. The van der Waals surface area contributed by atoms with E-state index in [0.29, 0.717) is 12.5 Å². The second-order valence-electron chi connectivity index (χ2n) is 5.21. The van der Waals surface area contributed by atoms with Gasteiger partial charge in [-0.3, -0.25) is 4.79 Å². The van der Waals surface area contributed by atoms with Crippen molar-refractivity contribution in [2.75, 3.05) is 7.05 Å². The van der Waals surface area contributed by atoms with Gasteiger partial charge < -0.3 is 15.3 Å². The van der Waals surface area contributed by atoms with Gasteiger partial charge in [-0.15, -0.1) is 11.3 Å². The first-order valence-corrected chi connectivity index (χ1v) is 7.47. The molecular formula is C13H19N3O3S. The molecular weight excluding hydrogens is 278 g/mol. The fourth-order valence-electron chi connectivity index (χ4n) is 2.06. The number of amides is 2. The molecule has 1 saturated carbocycles. The predicted molar refractivity (Wildman–Crippen MR) is 75.6 cm³/mol. The van der Waals surface area contributed by atoms with Gasteiger partial charge in [0.05, 0.1) is 24.2 Å². The molecule has 0 radical (unpaired) electrons. The number of nitrogens with one attached hydrogen (secondary N) is 1. The van der Waals surface area contributed by atoms with Crippen LogP contribution in [0.2, 0.25) is 0 Å². The van der Waals surface area contributed by atoms with Crippen molar-refractivity contribution in [2.45, 2.75) is 38.8 Å². The number of nitrogens with zero attached hydrogens (tertiary/aromatic N) is 2. The zero-order valence-electron chi connectivity index (χ0n) is 11.6. The van der Waals surface area contributed by atoms with E-state index in [0.717, 1.165) is 23.4 Å². The summed E-state index contributed by atoms with van der Waals surface area (Å²) in [5.74, 6) is -0.559. The molecule has 0 aromatic carbocycles. The average Bonchev–Trinajstić information content (AvgIpc) is 3.14. The maximum Gasteiger partial charge on any atom is 0.317 e. The summed E-state index contributed by atoms with van der Waals surface area (Å²) in [4.78, 5) is 29.7. The van der Waals surface area contributed by atoms with Gasteiger partial charge in [-0.25, -0.2) is 9.78 Å². The summed E-state index contributed by atoms with van der Waals surface area (Å²) in [5.41, 5.74) is 2.69. The van der Waals surface area contributed by atoms with Crippen LogP contribution < -0.4 is 5.32 Å². The minimum absolute atomic E-state index is 0.0101. The summed E-state index contributed by atoms with van der Waals surface area (Å²) in [6.07, 6.45) is 1.98. The lowest BCUT2D eigenvalue weighted by Gasteiger charge is -2.22. The number of rotatable bonds is 6. The molecule has 6 nitrogen and oxygen atoms in total. The van der Waals surface area contributed by atoms with E-state index in [9.17, 15) is 9.59 Å². The molecule has 1 unspecified atom stereocenters. The lowest BCUT2D eigenvalue weighted by molar-refractivity contribution is -0.137. The van der Waals surface area contributed by atoms with Crippen molar-refractivity contribution >= 4 is 23.3 Å². The second-order valence-corrected chi connectivity index (χ2v) is 6.15. The molecule has 1 aliphatic rings. The van der Waals surface area contributed by atoms with Crippen LogP contribution in [-0.4, -0.2) is 40.1 Å². The Hall–Kier alpha value is -1.63. The Morgan fingerprint density at radius 1 is 1.60 bits per heavy atom. The normalized spacial score (nSPS) is 15.7. The van der Waals surface area contributed by atoms with Gasteiger partial charge in [-0.05, 0) is 25.7 Å². The van der Waals surface area contributed by atoms with E-state index in [1.165, 1.54) is 11.3 Å². The Balaban J connectivity index is 1.89. The molecule has 0 aliphatic heterocycles. The Bertz CT molecular complexity index is 499. The van der Waals surface area contributed by atoms with Crippen molar-refractivity contribution in [2.24, 2.45) is 5.92 Å². The highest BCUT2D eigenvalue weighted by molar-refractivity contribution is 7.09. The lowest BCUT2D eigenvalue weighted by atomic mass is 10.1. The van der Waals surface area contributed by atoms with Crippen molar-refractivity contribution in [3.63, 3.8) is 0 Å². The van der Waals surface area contributed by atoms with E-state index >= 15 is 0 Å². The highest BCUT2D eigenvalue weighted by Crippen LogP contribution is 2.34. The standard InChI is InChI=1S/C13H19N3O3S/c1-8-11(20-7-14-8)6-16(2)13(19)15-10(5-12(17)18)9-3-4-9/h7,9-10H,3-6H2,1-2H3,(H,15,19)(H,17,18). The molecule has 1 aromatic rings. The Labute approximate surface area is 121 Å². The second kappa shape index (κ2) is 6.21. The number of carboxylic acid groups (broad SMARTS) is 1. The SMILES string of the molecule is Cc1ncsc1CN(C)C(=O)NC(CC(=O)O)C1CC1. The Kier molecular flexibility index (Phi) is 4.59. The Morgan fingerprint density at radius 2 is 2.30 bits per heavy atom. The largest absolute Gasteiger partial charge is 0.481 e. The minimum Gasteiger partial charge on any atom is -0.481 e. The summed E-state index contributed by atoms with van der Waals surface area (Å²) in [5, 5.41) is 11.7. The van der Waals surface area contributed by atoms with Crippen LogP contribution in [-0.2, 0) is 11.3 Å². The molecule has 1 atom stereocenters. The van der Waals surface area contributed by atoms with Crippen LogP contribution in [0.3, 0.4) is 0 Å². The molecule has 0 bridgehead atoms. The van der Waals surface area contributed by atoms with Gasteiger partial charge in [0.25, 0.3) is 0 Å². The molecule has 110 valence electrons. The van der Waals surface area contributed by atoms with Crippen molar-refractivity contribution < 1.29 is 14.7 Å². The first kappa shape index (κ1) is 14.8. The number of aromatic nitrogens is 1. The summed E-state index contributed by atoms with van der Waals surface area (Å²) in [6.45, 7) is 2.40. The van der Waals surface area contributed by atoms with Crippen LogP contribution >= 0.6 is 11.3 Å². The molecule has 0 saturated heterocycles. The van der Waals surface area contributed by atoms with E-state index < -0.39 is 5.97 Å². The van der Waals surface area contributed by atoms with Crippen molar-refractivity contribution in [1.82, 2.24) is 15.2 Å². The molecule has 2 rings (SSSR count). The number of hydrogen-bond acceptors (Lipinski definition) is 4. The highest BCUT2D eigenvalue weighted by atomic mass is 32.1. The summed E-state index contributed by atoms with van der Waals surface area (Å²) in [6, 6.07) is -0.485. The number of urea groups is 1. The zero-order valence-corrected chi connectivity index (χ0v) is 12.4. The summed E-state index contributed by atoms with van der Waals surface area (Å²) in [7, 11) is 1.71. The summed E-state index contributed by atoms with van der Waals surface area (Å²) < 4.78 is 0. The van der Waals surface area contributed by atoms with E-state index in [1.54, 1.807) is 17.5 Å². The van der Waals surface area contributed by atoms with E-state index in [-0.39, 0.29) is 18.5 Å². The quantitative estimate of drug-likeness (QED) is 0.839. The first-order chi connectivity index (χ1) is 9.47. The van der Waals surface area contributed by atoms with Crippen LogP contribution in [0.4, 0.5) is 4.79 Å². The van der Waals surface area contributed by atoms with Crippen molar-refractivity contribution in [3.8, 4) is 0 Å². The van der Waals surface area contributed by atoms with E-state index in [1.807, 2.05) is 6.92 Å². The van der Waals surface area contributed by atoms with Crippen LogP contribution in [0.15, 0.2) is 5.51 Å². The monoisotopic (exact) mass is 297 g/mol. The number of carboxylic acids is 1. The molecule has 2 amide bonds. The molecule has 0 spiro atoms. The minimum atomic E-state index is -0.872. The fourth-order valence-corrected chi connectivity index (χ4v) is 2.89. The fraction of sp³-hybridized carbons (Fsp3) is 0.615. The van der Waals surface area contributed by atoms with Gasteiger partial charge in [0.1, 0.15) is 0 Å². The average molecular weight is 297 g/mol. The smallest absolute Gasteiger partial charge is 0.317 e. The van der Waals surface area contributed by atoms with E-state index in [2.05, 4.69) is 10.3 Å². The van der Waals surface area contributed by atoms with Gasteiger partial charge >= 0.3 is 12.0 Å². The van der Waals surface area contributed by atoms with Crippen molar-refractivity contribution in [3.05, 3.63) is 16.1 Å². The predicted octanol–water partition coefficient (Wildman–Crippen LogP) is 1.85. The van der Waals surface area contributed by atoms with Crippen LogP contribution in [0.1, 0.15) is 29.8 Å². The maximum absolute atomic E-state index is 12.1. The molecule has 7 heteroatoms. The third-order valence-corrected chi connectivity index (χ3v) is 4.39. The molecule has 1 fully saturated rings. The van der Waals surface area contributed by atoms with Gasteiger partial charge in [-0.2, -0.15) is 0 Å². The lowest BCUT2D eigenvalue weighted by Crippen LogP contribution is -2.44. The number of carbonyl (C=O) groups is 2.